The number of amidine groups is 1. The van der Waals surface area contributed by atoms with E-state index in [0.717, 1.165) is 24.3 Å². The average molecular weight is 286 g/mol. The van der Waals surface area contributed by atoms with Crippen LogP contribution in [0.25, 0.3) is 11.3 Å². The molecular weight excluding hydrogens is 264 g/mol. The summed E-state index contributed by atoms with van der Waals surface area (Å²) in [7, 11) is 0. The Hall–Kier alpha value is -2.23. The molecule has 2 rings (SSSR count). The minimum absolute atomic E-state index is 0.0618. The fourth-order valence-corrected chi connectivity index (χ4v) is 2.07. The Labute approximate surface area is 125 Å². The first-order chi connectivity index (χ1) is 10.2. The molecule has 1 aromatic carbocycles. The SMILES string of the molecule is CCCCCCOc1ccc(-c2ccc(C(=N)N)o2)cc1. The minimum atomic E-state index is -0.0618. The summed E-state index contributed by atoms with van der Waals surface area (Å²) < 4.78 is 11.2. The Morgan fingerprint density at radius 3 is 2.48 bits per heavy atom. The number of benzene rings is 1. The molecule has 3 N–H and O–H groups in total. The number of hydrogen-bond acceptors (Lipinski definition) is 3. The predicted molar refractivity (Wildman–Crippen MR) is 84.8 cm³/mol. The summed E-state index contributed by atoms with van der Waals surface area (Å²) in [5.41, 5.74) is 6.33. The van der Waals surface area contributed by atoms with Crippen LogP contribution in [-0.4, -0.2) is 12.4 Å². The Kier molecular flexibility index (Phi) is 5.43. The van der Waals surface area contributed by atoms with Crippen molar-refractivity contribution in [3.8, 4) is 17.1 Å². The molecule has 0 aliphatic heterocycles. The average Bonchev–Trinajstić information content (AvgIpc) is 2.98. The van der Waals surface area contributed by atoms with Gasteiger partial charge in [0.1, 0.15) is 11.5 Å². The van der Waals surface area contributed by atoms with Crippen molar-refractivity contribution in [2.75, 3.05) is 6.61 Å². The molecule has 0 radical (unpaired) electrons. The van der Waals surface area contributed by atoms with Crippen molar-refractivity contribution >= 4 is 5.84 Å². The third-order valence-electron chi connectivity index (χ3n) is 3.28. The van der Waals surface area contributed by atoms with Crippen molar-refractivity contribution in [2.45, 2.75) is 32.6 Å². The summed E-state index contributed by atoms with van der Waals surface area (Å²) in [6, 6.07) is 11.3. The highest BCUT2D eigenvalue weighted by Gasteiger charge is 2.06. The lowest BCUT2D eigenvalue weighted by atomic mass is 10.2. The van der Waals surface area contributed by atoms with Crippen molar-refractivity contribution in [3.05, 3.63) is 42.2 Å². The van der Waals surface area contributed by atoms with Gasteiger partial charge in [-0.15, -0.1) is 0 Å². The summed E-state index contributed by atoms with van der Waals surface area (Å²) >= 11 is 0. The van der Waals surface area contributed by atoms with E-state index >= 15 is 0 Å². The highest BCUT2D eigenvalue weighted by Crippen LogP contribution is 2.24. The zero-order valence-electron chi connectivity index (χ0n) is 12.4. The maximum Gasteiger partial charge on any atom is 0.168 e. The molecule has 0 aliphatic carbocycles. The standard InChI is InChI=1S/C17H22N2O2/c1-2-3-4-5-12-20-14-8-6-13(7-9-14)15-10-11-16(21-15)17(18)19/h6-11H,2-5,12H2,1H3,(H3,18,19). The molecule has 4 heteroatoms. The molecule has 2 aromatic rings. The molecule has 4 nitrogen and oxygen atoms in total. The van der Waals surface area contributed by atoms with Crippen LogP contribution >= 0.6 is 0 Å². The van der Waals surface area contributed by atoms with Gasteiger partial charge in [0.2, 0.25) is 0 Å². The maximum absolute atomic E-state index is 7.33. The van der Waals surface area contributed by atoms with Gasteiger partial charge in [0, 0.05) is 5.56 Å². The number of furan rings is 1. The number of nitrogens with two attached hydrogens (primary N) is 1. The van der Waals surface area contributed by atoms with Crippen molar-refractivity contribution in [2.24, 2.45) is 5.73 Å². The highest BCUT2D eigenvalue weighted by molar-refractivity contribution is 5.92. The zero-order chi connectivity index (χ0) is 15.1. The third-order valence-corrected chi connectivity index (χ3v) is 3.28. The lowest BCUT2D eigenvalue weighted by molar-refractivity contribution is 0.305. The van der Waals surface area contributed by atoms with Gasteiger partial charge in [-0.05, 0) is 42.8 Å². The molecule has 0 saturated carbocycles. The van der Waals surface area contributed by atoms with Crippen molar-refractivity contribution in [1.29, 1.82) is 5.41 Å². The molecule has 0 fully saturated rings. The van der Waals surface area contributed by atoms with E-state index in [-0.39, 0.29) is 5.84 Å². The number of ether oxygens (including phenoxy) is 1. The molecule has 0 atom stereocenters. The van der Waals surface area contributed by atoms with Crippen LogP contribution in [0, 0.1) is 5.41 Å². The van der Waals surface area contributed by atoms with E-state index in [1.54, 1.807) is 6.07 Å². The second kappa shape index (κ2) is 7.53. The van der Waals surface area contributed by atoms with Gasteiger partial charge >= 0.3 is 0 Å². The fraction of sp³-hybridized carbons (Fsp3) is 0.353. The first-order valence-corrected chi connectivity index (χ1v) is 7.38. The Morgan fingerprint density at radius 2 is 1.86 bits per heavy atom. The number of hydrogen-bond donors (Lipinski definition) is 2. The molecular formula is C17H22N2O2. The number of rotatable bonds is 8. The van der Waals surface area contributed by atoms with Gasteiger partial charge in [0.25, 0.3) is 0 Å². The van der Waals surface area contributed by atoms with E-state index in [0.29, 0.717) is 11.5 Å². The van der Waals surface area contributed by atoms with E-state index in [4.69, 9.17) is 20.3 Å². The molecule has 0 aliphatic rings. The van der Waals surface area contributed by atoms with E-state index < -0.39 is 0 Å². The second-order valence-electron chi connectivity index (χ2n) is 5.01. The molecule has 0 spiro atoms. The minimum Gasteiger partial charge on any atom is -0.494 e. The van der Waals surface area contributed by atoms with Crippen LogP contribution in [0.4, 0.5) is 0 Å². The van der Waals surface area contributed by atoms with E-state index in [1.807, 2.05) is 30.3 Å². The highest BCUT2D eigenvalue weighted by atomic mass is 16.5. The van der Waals surface area contributed by atoms with Gasteiger partial charge in [-0.3, -0.25) is 5.41 Å². The second-order valence-corrected chi connectivity index (χ2v) is 5.01. The predicted octanol–water partition coefficient (Wildman–Crippen LogP) is 4.19. The fourth-order valence-electron chi connectivity index (χ4n) is 2.07. The number of unbranched alkanes of at least 4 members (excludes halogenated alkanes) is 3. The van der Waals surface area contributed by atoms with Crippen LogP contribution in [0.15, 0.2) is 40.8 Å². The van der Waals surface area contributed by atoms with Crippen molar-refractivity contribution in [3.63, 3.8) is 0 Å². The molecule has 0 amide bonds. The lowest BCUT2D eigenvalue weighted by Gasteiger charge is -2.06. The topological polar surface area (TPSA) is 72.2 Å². The van der Waals surface area contributed by atoms with Gasteiger partial charge < -0.3 is 14.9 Å². The molecule has 112 valence electrons. The quantitative estimate of drug-likeness (QED) is 0.434. The van der Waals surface area contributed by atoms with Crippen molar-refractivity contribution < 1.29 is 9.15 Å². The van der Waals surface area contributed by atoms with E-state index in [1.165, 1.54) is 19.3 Å². The van der Waals surface area contributed by atoms with Gasteiger partial charge in [-0.1, -0.05) is 26.2 Å². The first kappa shape index (κ1) is 15.2. The van der Waals surface area contributed by atoms with Gasteiger partial charge in [0.05, 0.1) is 6.61 Å². The van der Waals surface area contributed by atoms with Gasteiger partial charge in [-0.25, -0.2) is 0 Å². The smallest absolute Gasteiger partial charge is 0.168 e. The number of nitrogen functional groups attached to an aromatic ring is 1. The molecule has 0 bridgehead atoms. The molecule has 0 unspecified atom stereocenters. The third kappa shape index (κ3) is 4.38. The molecule has 21 heavy (non-hydrogen) atoms. The van der Waals surface area contributed by atoms with Gasteiger partial charge in [-0.2, -0.15) is 0 Å². The summed E-state index contributed by atoms with van der Waals surface area (Å²) in [5.74, 6) is 1.90. The van der Waals surface area contributed by atoms with E-state index in [2.05, 4.69) is 6.92 Å². The van der Waals surface area contributed by atoms with Crippen LogP contribution in [0.1, 0.15) is 38.4 Å². The normalized spacial score (nSPS) is 10.5. The first-order valence-electron chi connectivity index (χ1n) is 7.38. The van der Waals surface area contributed by atoms with Crippen LogP contribution in [0.2, 0.25) is 0 Å². The van der Waals surface area contributed by atoms with Crippen LogP contribution in [-0.2, 0) is 0 Å². The van der Waals surface area contributed by atoms with Crippen LogP contribution in [0.3, 0.4) is 0 Å². The zero-order valence-corrected chi connectivity index (χ0v) is 12.4. The summed E-state index contributed by atoms with van der Waals surface area (Å²) in [4.78, 5) is 0. The largest absolute Gasteiger partial charge is 0.494 e. The Bertz CT molecular complexity index is 573. The summed E-state index contributed by atoms with van der Waals surface area (Å²) in [6.45, 7) is 2.96. The Balaban J connectivity index is 1.90. The monoisotopic (exact) mass is 286 g/mol. The summed E-state index contributed by atoms with van der Waals surface area (Å²) in [5, 5.41) is 7.33. The van der Waals surface area contributed by atoms with Gasteiger partial charge in [0.15, 0.2) is 11.6 Å². The summed E-state index contributed by atoms with van der Waals surface area (Å²) in [6.07, 6.45) is 4.81. The van der Waals surface area contributed by atoms with Crippen LogP contribution in [0.5, 0.6) is 5.75 Å². The Morgan fingerprint density at radius 1 is 1.10 bits per heavy atom. The van der Waals surface area contributed by atoms with Crippen LogP contribution < -0.4 is 10.5 Å². The van der Waals surface area contributed by atoms with Crippen molar-refractivity contribution in [1.82, 2.24) is 0 Å². The van der Waals surface area contributed by atoms with E-state index in [9.17, 15) is 0 Å². The lowest BCUT2D eigenvalue weighted by Crippen LogP contribution is -2.09. The maximum atomic E-state index is 7.33. The molecule has 1 heterocycles. The molecule has 0 saturated heterocycles. The molecule has 1 aromatic heterocycles. The number of nitrogens with one attached hydrogen (secondary N) is 1.